The lowest BCUT2D eigenvalue weighted by Gasteiger charge is -2.22. The molecule has 0 saturated carbocycles. The molecule has 0 aromatic rings. The van der Waals surface area contributed by atoms with Crippen LogP contribution in [0.3, 0.4) is 0 Å². The van der Waals surface area contributed by atoms with Crippen LogP contribution in [0.25, 0.3) is 0 Å². The molecule has 4 nitrogen and oxygen atoms in total. The molecule has 0 aliphatic heterocycles. The monoisotopic (exact) mass is 244 g/mol. The zero-order valence-electron chi connectivity index (χ0n) is 11.7. The molecule has 0 aliphatic rings. The van der Waals surface area contributed by atoms with Crippen LogP contribution in [0.1, 0.15) is 46.5 Å². The summed E-state index contributed by atoms with van der Waals surface area (Å²) in [7, 11) is 2.12. The van der Waals surface area contributed by atoms with Gasteiger partial charge in [0.1, 0.15) is 5.54 Å². The van der Waals surface area contributed by atoms with E-state index < -0.39 is 11.5 Å². The second-order valence-electron chi connectivity index (χ2n) is 5.46. The molecule has 17 heavy (non-hydrogen) atoms. The Bertz CT molecular complexity index is 229. The fraction of sp³-hybridized carbons (Fsp3) is 0.923. The molecule has 0 heterocycles. The third-order valence-corrected chi connectivity index (χ3v) is 3.29. The molecule has 0 spiro atoms. The Morgan fingerprint density at radius 2 is 2.06 bits per heavy atom. The van der Waals surface area contributed by atoms with Gasteiger partial charge < -0.3 is 15.7 Å². The average Bonchev–Trinajstić information content (AvgIpc) is 2.24. The van der Waals surface area contributed by atoms with E-state index >= 15 is 0 Å². The molecule has 0 fully saturated rings. The number of carbonyl (C=O) groups is 1. The van der Waals surface area contributed by atoms with Crippen LogP contribution in [-0.2, 0) is 4.79 Å². The molecule has 0 aromatic heterocycles. The van der Waals surface area contributed by atoms with Crippen LogP contribution >= 0.6 is 0 Å². The van der Waals surface area contributed by atoms with Crippen LogP contribution in [0.5, 0.6) is 0 Å². The largest absolute Gasteiger partial charge is 0.480 e. The first kappa shape index (κ1) is 16.4. The molecular formula is C13H28N2O2. The number of carboxylic acid groups (broad SMARTS) is 1. The zero-order valence-corrected chi connectivity index (χ0v) is 11.7. The fourth-order valence-electron chi connectivity index (χ4n) is 1.73. The Kier molecular flexibility index (Phi) is 7.39. The lowest BCUT2D eigenvalue weighted by molar-refractivity contribution is -0.142. The summed E-state index contributed by atoms with van der Waals surface area (Å²) in [6, 6.07) is 0. The first-order chi connectivity index (χ1) is 7.79. The topological polar surface area (TPSA) is 66.6 Å². The predicted molar refractivity (Wildman–Crippen MR) is 71.0 cm³/mol. The van der Waals surface area contributed by atoms with Gasteiger partial charge in [0, 0.05) is 6.54 Å². The average molecular weight is 244 g/mol. The summed E-state index contributed by atoms with van der Waals surface area (Å²) in [4.78, 5) is 13.1. The van der Waals surface area contributed by atoms with E-state index in [9.17, 15) is 4.79 Å². The smallest absolute Gasteiger partial charge is 0.323 e. The van der Waals surface area contributed by atoms with Gasteiger partial charge in [-0.2, -0.15) is 0 Å². The van der Waals surface area contributed by atoms with Crippen LogP contribution in [0.2, 0.25) is 0 Å². The number of unbranched alkanes of at least 4 members (excludes halogenated alkanes) is 1. The quantitative estimate of drug-likeness (QED) is 0.608. The van der Waals surface area contributed by atoms with Crippen LogP contribution < -0.4 is 5.73 Å². The lowest BCUT2D eigenvalue weighted by Crippen LogP contribution is -2.44. The minimum Gasteiger partial charge on any atom is -0.480 e. The zero-order chi connectivity index (χ0) is 13.5. The summed E-state index contributed by atoms with van der Waals surface area (Å²) < 4.78 is 0. The van der Waals surface area contributed by atoms with Crippen molar-refractivity contribution in [1.29, 1.82) is 0 Å². The van der Waals surface area contributed by atoms with E-state index in [1.165, 1.54) is 6.42 Å². The van der Waals surface area contributed by atoms with Gasteiger partial charge in [-0.05, 0) is 45.7 Å². The number of hydrogen-bond acceptors (Lipinski definition) is 3. The van der Waals surface area contributed by atoms with Crippen molar-refractivity contribution in [3.63, 3.8) is 0 Å². The maximum Gasteiger partial charge on any atom is 0.323 e. The van der Waals surface area contributed by atoms with Crippen molar-refractivity contribution in [3.8, 4) is 0 Å². The Labute approximate surface area is 105 Å². The van der Waals surface area contributed by atoms with Crippen molar-refractivity contribution in [1.82, 2.24) is 4.90 Å². The number of aliphatic carboxylic acids is 1. The van der Waals surface area contributed by atoms with Gasteiger partial charge in [0.25, 0.3) is 0 Å². The van der Waals surface area contributed by atoms with Crippen LogP contribution in [0.15, 0.2) is 0 Å². The standard InChI is InChI=1S/C13H28N2O2/c1-5-11(2)10-15(4)9-7-6-8-13(3,14)12(16)17/h11H,5-10,14H2,1-4H3,(H,16,17). The molecule has 4 heteroatoms. The van der Waals surface area contributed by atoms with Crippen molar-refractivity contribution >= 4 is 5.97 Å². The van der Waals surface area contributed by atoms with E-state index in [2.05, 4.69) is 25.8 Å². The van der Waals surface area contributed by atoms with Gasteiger partial charge in [-0.25, -0.2) is 0 Å². The number of carboxylic acids is 1. The summed E-state index contributed by atoms with van der Waals surface area (Å²) in [6.07, 6.45) is 3.61. The molecule has 0 amide bonds. The number of nitrogens with two attached hydrogens (primary N) is 1. The van der Waals surface area contributed by atoms with Crippen molar-refractivity contribution in [2.24, 2.45) is 11.7 Å². The summed E-state index contributed by atoms with van der Waals surface area (Å²) in [6.45, 7) is 8.15. The number of rotatable bonds is 9. The molecule has 0 radical (unpaired) electrons. The first-order valence-corrected chi connectivity index (χ1v) is 6.50. The van der Waals surface area contributed by atoms with Gasteiger partial charge in [0.05, 0.1) is 0 Å². The van der Waals surface area contributed by atoms with Crippen molar-refractivity contribution in [3.05, 3.63) is 0 Å². The summed E-state index contributed by atoms with van der Waals surface area (Å²) in [5.74, 6) is -0.191. The van der Waals surface area contributed by atoms with E-state index in [0.29, 0.717) is 6.42 Å². The third-order valence-electron chi connectivity index (χ3n) is 3.29. The normalized spacial score (nSPS) is 16.8. The molecule has 0 bridgehead atoms. The van der Waals surface area contributed by atoms with E-state index in [-0.39, 0.29) is 0 Å². The number of nitrogens with zero attached hydrogens (tertiary/aromatic N) is 1. The molecular weight excluding hydrogens is 216 g/mol. The van der Waals surface area contributed by atoms with Crippen molar-refractivity contribution in [2.75, 3.05) is 20.1 Å². The molecule has 2 unspecified atom stereocenters. The highest BCUT2D eigenvalue weighted by Crippen LogP contribution is 2.11. The second kappa shape index (κ2) is 7.67. The molecule has 3 N–H and O–H groups in total. The third kappa shape index (κ3) is 7.34. The highest BCUT2D eigenvalue weighted by Gasteiger charge is 2.26. The maximum atomic E-state index is 10.8. The SMILES string of the molecule is CCC(C)CN(C)CCCCC(C)(N)C(=O)O. The molecule has 0 saturated heterocycles. The lowest BCUT2D eigenvalue weighted by atomic mass is 9.96. The predicted octanol–water partition coefficient (Wildman–Crippen LogP) is 1.94. The fourth-order valence-corrected chi connectivity index (χ4v) is 1.73. The van der Waals surface area contributed by atoms with Gasteiger partial charge in [0.2, 0.25) is 0 Å². The van der Waals surface area contributed by atoms with Crippen LogP contribution in [0.4, 0.5) is 0 Å². The van der Waals surface area contributed by atoms with E-state index in [0.717, 1.165) is 31.8 Å². The second-order valence-corrected chi connectivity index (χ2v) is 5.46. The number of hydrogen-bond donors (Lipinski definition) is 2. The van der Waals surface area contributed by atoms with Gasteiger partial charge in [-0.3, -0.25) is 4.79 Å². The molecule has 0 aliphatic carbocycles. The van der Waals surface area contributed by atoms with Crippen molar-refractivity contribution in [2.45, 2.75) is 52.0 Å². The minimum atomic E-state index is -1.07. The summed E-state index contributed by atoms with van der Waals surface area (Å²) >= 11 is 0. The van der Waals surface area contributed by atoms with Gasteiger partial charge in [-0.1, -0.05) is 20.3 Å². The molecule has 0 aromatic carbocycles. The molecule has 2 atom stereocenters. The minimum absolute atomic E-state index is 0.541. The molecule has 102 valence electrons. The van der Waals surface area contributed by atoms with Crippen molar-refractivity contribution < 1.29 is 9.90 Å². The maximum absolute atomic E-state index is 10.8. The first-order valence-electron chi connectivity index (χ1n) is 6.50. The summed E-state index contributed by atoms with van der Waals surface area (Å²) in [5, 5.41) is 8.87. The van der Waals surface area contributed by atoms with E-state index in [4.69, 9.17) is 10.8 Å². The Hall–Kier alpha value is -0.610. The summed E-state index contributed by atoms with van der Waals surface area (Å²) in [5.41, 5.74) is 4.59. The highest BCUT2D eigenvalue weighted by molar-refractivity contribution is 5.77. The van der Waals surface area contributed by atoms with Gasteiger partial charge in [-0.15, -0.1) is 0 Å². The van der Waals surface area contributed by atoms with Crippen LogP contribution in [-0.4, -0.2) is 41.7 Å². The highest BCUT2D eigenvalue weighted by atomic mass is 16.4. The Balaban J connectivity index is 3.68. The van der Waals surface area contributed by atoms with Gasteiger partial charge in [0.15, 0.2) is 0 Å². The van der Waals surface area contributed by atoms with Crippen LogP contribution in [0, 0.1) is 5.92 Å². The van der Waals surface area contributed by atoms with E-state index in [1.54, 1.807) is 6.92 Å². The Morgan fingerprint density at radius 1 is 1.47 bits per heavy atom. The Morgan fingerprint density at radius 3 is 2.53 bits per heavy atom. The molecule has 0 rings (SSSR count). The van der Waals surface area contributed by atoms with E-state index in [1.807, 2.05) is 0 Å². The van der Waals surface area contributed by atoms with Gasteiger partial charge >= 0.3 is 5.97 Å².